The molecule has 0 radical (unpaired) electrons. The number of hydrogen-bond donors (Lipinski definition) is 1. The SMILES string of the molecule is CC(C)c1nnsc1-c1nc(-c2ncn[nH]2)no1. The van der Waals surface area contributed by atoms with Gasteiger partial charge in [-0.05, 0) is 17.5 Å². The van der Waals surface area contributed by atoms with Gasteiger partial charge in [-0.2, -0.15) is 10.1 Å². The van der Waals surface area contributed by atoms with Gasteiger partial charge in [0.1, 0.15) is 11.2 Å². The first-order valence-electron chi connectivity index (χ1n) is 5.27. The number of hydrogen-bond acceptors (Lipinski definition) is 8. The van der Waals surface area contributed by atoms with E-state index >= 15 is 0 Å². The Hall–Kier alpha value is -2.16. The standard InChI is InChI=1S/C9H9N7OS/c1-4(2)5-6(18-16-13-5)9-12-8(15-17-9)7-10-3-11-14-7/h3-4H,1-2H3,(H,10,11,14). The fourth-order valence-corrected chi connectivity index (χ4v) is 2.19. The molecular weight excluding hydrogens is 254 g/mol. The summed E-state index contributed by atoms with van der Waals surface area (Å²) < 4.78 is 9.13. The van der Waals surface area contributed by atoms with Gasteiger partial charge in [0.2, 0.25) is 5.82 Å². The number of aromatic amines is 1. The molecule has 0 aromatic carbocycles. The summed E-state index contributed by atoms with van der Waals surface area (Å²) in [4.78, 5) is 9.01. The van der Waals surface area contributed by atoms with Gasteiger partial charge >= 0.3 is 0 Å². The molecule has 18 heavy (non-hydrogen) atoms. The molecule has 0 spiro atoms. The third-order valence-corrected chi connectivity index (χ3v) is 3.04. The van der Waals surface area contributed by atoms with E-state index in [1.807, 2.05) is 13.8 Å². The van der Waals surface area contributed by atoms with E-state index < -0.39 is 0 Å². The third-order valence-electron chi connectivity index (χ3n) is 2.31. The summed E-state index contributed by atoms with van der Waals surface area (Å²) in [5.74, 6) is 1.48. The molecule has 8 nitrogen and oxygen atoms in total. The minimum absolute atomic E-state index is 0.249. The van der Waals surface area contributed by atoms with Crippen LogP contribution in [0.1, 0.15) is 25.5 Å². The molecule has 0 aliphatic heterocycles. The summed E-state index contributed by atoms with van der Waals surface area (Å²) in [5.41, 5.74) is 0.854. The normalized spacial score (nSPS) is 11.3. The Bertz CT molecular complexity index is 641. The molecule has 0 fully saturated rings. The maximum absolute atomic E-state index is 5.21. The van der Waals surface area contributed by atoms with E-state index in [2.05, 4.69) is 34.9 Å². The van der Waals surface area contributed by atoms with Crippen LogP contribution in [-0.4, -0.2) is 34.9 Å². The van der Waals surface area contributed by atoms with Crippen LogP contribution < -0.4 is 0 Å². The van der Waals surface area contributed by atoms with Gasteiger partial charge in [-0.15, -0.1) is 5.10 Å². The summed E-state index contributed by atoms with van der Waals surface area (Å²) in [6.45, 7) is 4.07. The van der Waals surface area contributed by atoms with Crippen molar-refractivity contribution in [2.45, 2.75) is 19.8 Å². The van der Waals surface area contributed by atoms with Crippen LogP contribution in [0, 0.1) is 0 Å². The van der Waals surface area contributed by atoms with Crippen molar-refractivity contribution in [2.24, 2.45) is 0 Å². The largest absolute Gasteiger partial charge is 0.332 e. The fraction of sp³-hybridized carbons (Fsp3) is 0.333. The van der Waals surface area contributed by atoms with Crippen molar-refractivity contribution in [1.29, 1.82) is 0 Å². The second-order valence-corrected chi connectivity index (χ2v) is 4.65. The number of nitrogens with one attached hydrogen (secondary N) is 1. The van der Waals surface area contributed by atoms with Crippen molar-refractivity contribution in [3.05, 3.63) is 12.0 Å². The van der Waals surface area contributed by atoms with Gasteiger partial charge < -0.3 is 4.52 Å². The van der Waals surface area contributed by atoms with E-state index in [0.29, 0.717) is 17.5 Å². The summed E-state index contributed by atoms with van der Waals surface area (Å²) in [6, 6.07) is 0. The molecule has 0 amide bonds. The Balaban J connectivity index is 2.01. The lowest BCUT2D eigenvalue weighted by Crippen LogP contribution is -1.90. The zero-order valence-corrected chi connectivity index (χ0v) is 10.5. The Morgan fingerprint density at radius 3 is 3.00 bits per heavy atom. The highest BCUT2D eigenvalue weighted by atomic mass is 32.1. The van der Waals surface area contributed by atoms with Crippen LogP contribution in [-0.2, 0) is 0 Å². The molecule has 9 heteroatoms. The second kappa shape index (κ2) is 4.26. The highest BCUT2D eigenvalue weighted by molar-refractivity contribution is 7.09. The lowest BCUT2D eigenvalue weighted by molar-refractivity contribution is 0.432. The first-order chi connectivity index (χ1) is 8.75. The second-order valence-electron chi connectivity index (χ2n) is 3.90. The quantitative estimate of drug-likeness (QED) is 0.762. The molecule has 3 rings (SSSR count). The summed E-state index contributed by atoms with van der Waals surface area (Å²) in [7, 11) is 0. The summed E-state index contributed by atoms with van der Waals surface area (Å²) in [6.07, 6.45) is 1.39. The van der Waals surface area contributed by atoms with Gasteiger partial charge in [0.25, 0.3) is 5.89 Å². The van der Waals surface area contributed by atoms with Crippen molar-refractivity contribution >= 4 is 11.5 Å². The molecule has 0 bridgehead atoms. The molecule has 0 saturated heterocycles. The van der Waals surface area contributed by atoms with Crippen molar-refractivity contribution in [3.8, 4) is 22.4 Å². The minimum atomic E-state index is 0.249. The Morgan fingerprint density at radius 2 is 2.28 bits per heavy atom. The molecular formula is C9H9N7OS. The first kappa shape index (κ1) is 11.0. The predicted molar refractivity (Wildman–Crippen MR) is 62.7 cm³/mol. The zero-order chi connectivity index (χ0) is 12.5. The topological polar surface area (TPSA) is 106 Å². The molecule has 0 atom stereocenters. The van der Waals surface area contributed by atoms with Crippen LogP contribution in [0.2, 0.25) is 0 Å². The zero-order valence-electron chi connectivity index (χ0n) is 9.65. The van der Waals surface area contributed by atoms with Crippen LogP contribution in [0.3, 0.4) is 0 Å². The summed E-state index contributed by atoms with van der Waals surface area (Å²) in [5, 5.41) is 14.3. The predicted octanol–water partition coefficient (Wildman–Crippen LogP) is 1.50. The molecule has 0 unspecified atom stereocenters. The van der Waals surface area contributed by atoms with Crippen LogP contribution in [0.5, 0.6) is 0 Å². The highest BCUT2D eigenvalue weighted by Gasteiger charge is 2.20. The van der Waals surface area contributed by atoms with E-state index in [-0.39, 0.29) is 5.92 Å². The van der Waals surface area contributed by atoms with E-state index in [1.165, 1.54) is 17.9 Å². The summed E-state index contributed by atoms with van der Waals surface area (Å²) >= 11 is 1.24. The molecule has 3 heterocycles. The number of nitrogens with zero attached hydrogens (tertiary/aromatic N) is 6. The number of aromatic nitrogens is 7. The molecule has 1 N–H and O–H groups in total. The molecule has 0 saturated carbocycles. The first-order valence-corrected chi connectivity index (χ1v) is 6.05. The lowest BCUT2D eigenvalue weighted by Gasteiger charge is -1.98. The number of rotatable bonds is 3. The van der Waals surface area contributed by atoms with E-state index in [1.54, 1.807) is 0 Å². The average Bonchev–Trinajstić information content (AvgIpc) is 3.10. The van der Waals surface area contributed by atoms with Crippen LogP contribution >= 0.6 is 11.5 Å². The van der Waals surface area contributed by atoms with Crippen LogP contribution in [0.15, 0.2) is 10.9 Å². The molecule has 3 aromatic rings. The van der Waals surface area contributed by atoms with Gasteiger partial charge in [0.15, 0.2) is 5.82 Å². The maximum Gasteiger partial charge on any atom is 0.272 e. The van der Waals surface area contributed by atoms with Gasteiger partial charge in [0, 0.05) is 0 Å². The van der Waals surface area contributed by atoms with Crippen molar-refractivity contribution in [3.63, 3.8) is 0 Å². The Morgan fingerprint density at radius 1 is 1.39 bits per heavy atom. The molecule has 3 aromatic heterocycles. The fourth-order valence-electron chi connectivity index (χ4n) is 1.45. The van der Waals surface area contributed by atoms with E-state index in [4.69, 9.17) is 4.52 Å². The van der Waals surface area contributed by atoms with Crippen LogP contribution in [0.25, 0.3) is 22.4 Å². The Kier molecular flexibility index (Phi) is 2.59. The smallest absolute Gasteiger partial charge is 0.272 e. The molecule has 0 aliphatic rings. The lowest BCUT2D eigenvalue weighted by atomic mass is 10.1. The van der Waals surface area contributed by atoms with Crippen molar-refractivity contribution < 1.29 is 4.52 Å². The van der Waals surface area contributed by atoms with Gasteiger partial charge in [-0.1, -0.05) is 23.5 Å². The third kappa shape index (κ3) is 1.78. The van der Waals surface area contributed by atoms with Gasteiger partial charge in [0.05, 0.1) is 5.69 Å². The number of H-pyrrole nitrogens is 1. The minimum Gasteiger partial charge on any atom is -0.332 e. The van der Waals surface area contributed by atoms with Crippen molar-refractivity contribution in [2.75, 3.05) is 0 Å². The Labute approximate surface area is 106 Å². The van der Waals surface area contributed by atoms with E-state index in [0.717, 1.165) is 10.6 Å². The monoisotopic (exact) mass is 263 g/mol. The highest BCUT2D eigenvalue weighted by Crippen LogP contribution is 2.30. The van der Waals surface area contributed by atoms with Crippen LogP contribution in [0.4, 0.5) is 0 Å². The van der Waals surface area contributed by atoms with E-state index in [9.17, 15) is 0 Å². The average molecular weight is 263 g/mol. The van der Waals surface area contributed by atoms with Gasteiger partial charge in [-0.25, -0.2) is 4.98 Å². The molecule has 92 valence electrons. The van der Waals surface area contributed by atoms with Gasteiger partial charge in [-0.3, -0.25) is 5.10 Å². The molecule has 0 aliphatic carbocycles. The maximum atomic E-state index is 5.21. The van der Waals surface area contributed by atoms with Crippen molar-refractivity contribution in [1.82, 2.24) is 34.9 Å².